The van der Waals surface area contributed by atoms with E-state index in [9.17, 15) is 19.2 Å². The summed E-state index contributed by atoms with van der Waals surface area (Å²) in [5.74, 6) is 4.28. The summed E-state index contributed by atoms with van der Waals surface area (Å²) < 4.78 is 0.642. The van der Waals surface area contributed by atoms with Crippen LogP contribution in [0.3, 0.4) is 0 Å². The number of halogens is 1. The van der Waals surface area contributed by atoms with Gasteiger partial charge in [0.05, 0.1) is 17.6 Å². The number of carbonyl (C=O) groups excluding carboxylic acids is 1. The zero-order chi connectivity index (χ0) is 18.6. The van der Waals surface area contributed by atoms with Crippen LogP contribution in [0.1, 0.15) is 18.4 Å². The molecule has 0 aliphatic heterocycles. The lowest BCUT2D eigenvalue weighted by atomic mass is 10.1. The monoisotopic (exact) mass is 410 g/mol. The van der Waals surface area contributed by atoms with E-state index in [1.165, 1.54) is 6.08 Å². The number of allylic oxidation sites excluding steroid dienone is 1. The molecule has 0 saturated carbocycles. The summed E-state index contributed by atoms with van der Waals surface area (Å²) in [5, 5.41) is 9.46. The Labute approximate surface area is 149 Å². The quantitative estimate of drug-likeness (QED) is 0.180. The Hall–Kier alpha value is -2.72. The number of carboxylic acid groups (broad SMARTS) is 1. The maximum atomic E-state index is 12.0. The number of amides is 1. The molecule has 0 unspecified atom stereocenters. The Morgan fingerprint density at radius 3 is 2.60 bits per heavy atom. The average Bonchev–Trinajstić information content (AvgIpc) is 2.52. The predicted octanol–water partition coefficient (Wildman–Crippen LogP) is 0.602. The minimum absolute atomic E-state index is 0.000593. The van der Waals surface area contributed by atoms with E-state index in [-0.39, 0.29) is 19.4 Å². The number of rotatable bonds is 6. The van der Waals surface area contributed by atoms with Crippen LogP contribution in [0.5, 0.6) is 0 Å². The Morgan fingerprint density at radius 2 is 1.92 bits per heavy atom. The summed E-state index contributed by atoms with van der Waals surface area (Å²) in [6.45, 7) is -0.000593. The third kappa shape index (κ3) is 4.88. The molecule has 9 nitrogen and oxygen atoms in total. The number of hydrogen-bond donors (Lipinski definition) is 4. The number of carbonyl (C=O) groups is 2. The number of benzene rings is 1. The molecule has 0 saturated heterocycles. The van der Waals surface area contributed by atoms with Crippen LogP contribution in [0.2, 0.25) is 0 Å². The van der Waals surface area contributed by atoms with Crippen LogP contribution in [0.4, 0.5) is 0 Å². The first-order valence-electron chi connectivity index (χ1n) is 7.17. The molecule has 0 fully saturated rings. The van der Waals surface area contributed by atoms with E-state index in [0.717, 1.165) is 11.1 Å². The Bertz CT molecular complexity index is 963. The highest BCUT2D eigenvalue weighted by atomic mass is 79.9. The second kappa shape index (κ2) is 7.90. The summed E-state index contributed by atoms with van der Waals surface area (Å²) in [5.41, 5.74) is -0.261. The predicted molar refractivity (Wildman–Crippen MR) is 93.6 cm³/mol. The molecule has 0 radical (unpaired) electrons. The fourth-order valence-electron chi connectivity index (χ4n) is 2.19. The van der Waals surface area contributed by atoms with E-state index in [1.807, 2.05) is 0 Å². The standard InChI is InChI=1S/C15H15BrN4O5/c16-9-5-8(13-10(6-9)18-14(24)15(25)19-13)7-20(17)11(21)3-1-2-4-12(22)23/h2,4-6H,1,3,7,17H2,(H,18,24)(H,19,25)(H,22,23). The SMILES string of the molecule is NN(Cc1cc(Br)cc2[nH]c(=O)c(=O)[nH]c12)C(=O)CCC=CC(=O)O. The second-order valence-electron chi connectivity index (χ2n) is 5.20. The van der Waals surface area contributed by atoms with Crippen LogP contribution < -0.4 is 17.0 Å². The third-order valence-electron chi connectivity index (χ3n) is 3.32. The minimum Gasteiger partial charge on any atom is -0.478 e. The number of nitrogens with zero attached hydrogens (tertiary/aromatic N) is 1. The van der Waals surface area contributed by atoms with Crippen molar-refractivity contribution in [2.75, 3.05) is 0 Å². The van der Waals surface area contributed by atoms with Crippen LogP contribution >= 0.6 is 15.9 Å². The number of hydrazine groups is 1. The molecule has 2 aromatic rings. The molecule has 0 bridgehead atoms. The number of aliphatic carboxylic acids is 1. The molecule has 1 heterocycles. The van der Waals surface area contributed by atoms with Gasteiger partial charge in [0.2, 0.25) is 5.91 Å². The summed E-state index contributed by atoms with van der Waals surface area (Å²) in [6.07, 6.45) is 2.60. The topological polar surface area (TPSA) is 149 Å². The maximum Gasteiger partial charge on any atom is 0.327 e. The van der Waals surface area contributed by atoms with E-state index in [1.54, 1.807) is 12.1 Å². The van der Waals surface area contributed by atoms with Gasteiger partial charge in [-0.1, -0.05) is 22.0 Å². The fourth-order valence-corrected chi connectivity index (χ4v) is 2.70. The molecular weight excluding hydrogens is 396 g/mol. The van der Waals surface area contributed by atoms with Crippen molar-refractivity contribution in [2.24, 2.45) is 5.84 Å². The molecular formula is C15H15BrN4O5. The number of nitrogens with one attached hydrogen (secondary N) is 2. The fraction of sp³-hybridized carbons (Fsp3) is 0.200. The lowest BCUT2D eigenvalue weighted by Crippen LogP contribution is -2.37. The Kier molecular flexibility index (Phi) is 5.88. The maximum absolute atomic E-state index is 12.0. The molecule has 1 amide bonds. The molecule has 0 atom stereocenters. The molecule has 0 aliphatic carbocycles. The summed E-state index contributed by atoms with van der Waals surface area (Å²) in [6, 6.07) is 3.30. The molecule has 132 valence electrons. The van der Waals surface area contributed by atoms with E-state index < -0.39 is 23.0 Å². The van der Waals surface area contributed by atoms with Crippen molar-refractivity contribution in [3.63, 3.8) is 0 Å². The molecule has 2 rings (SSSR count). The molecule has 25 heavy (non-hydrogen) atoms. The zero-order valence-corrected chi connectivity index (χ0v) is 14.5. The van der Waals surface area contributed by atoms with E-state index in [0.29, 0.717) is 21.1 Å². The molecule has 10 heteroatoms. The van der Waals surface area contributed by atoms with Gasteiger partial charge in [0.25, 0.3) is 0 Å². The van der Waals surface area contributed by atoms with Gasteiger partial charge < -0.3 is 15.1 Å². The van der Waals surface area contributed by atoms with Gasteiger partial charge >= 0.3 is 17.1 Å². The van der Waals surface area contributed by atoms with Gasteiger partial charge in [-0.25, -0.2) is 10.6 Å². The van der Waals surface area contributed by atoms with Crippen LogP contribution in [-0.4, -0.2) is 32.0 Å². The lowest BCUT2D eigenvalue weighted by molar-refractivity contribution is -0.133. The van der Waals surface area contributed by atoms with Crippen molar-refractivity contribution >= 4 is 38.8 Å². The minimum atomic E-state index is -1.09. The van der Waals surface area contributed by atoms with Gasteiger partial charge in [-0.05, 0) is 24.1 Å². The van der Waals surface area contributed by atoms with Crippen molar-refractivity contribution < 1.29 is 14.7 Å². The highest BCUT2D eigenvalue weighted by molar-refractivity contribution is 9.10. The highest BCUT2D eigenvalue weighted by Gasteiger charge is 2.13. The molecule has 1 aromatic carbocycles. The number of aromatic nitrogens is 2. The van der Waals surface area contributed by atoms with Crippen LogP contribution in [0, 0.1) is 0 Å². The molecule has 1 aromatic heterocycles. The number of hydrogen-bond acceptors (Lipinski definition) is 5. The Balaban J connectivity index is 2.20. The smallest absolute Gasteiger partial charge is 0.327 e. The number of H-pyrrole nitrogens is 2. The van der Waals surface area contributed by atoms with Gasteiger partial charge in [0.1, 0.15) is 0 Å². The van der Waals surface area contributed by atoms with Crippen molar-refractivity contribution in [3.8, 4) is 0 Å². The highest BCUT2D eigenvalue weighted by Crippen LogP contribution is 2.21. The van der Waals surface area contributed by atoms with Crippen LogP contribution in [0.15, 0.2) is 38.3 Å². The average molecular weight is 411 g/mol. The summed E-state index contributed by atoms with van der Waals surface area (Å²) in [7, 11) is 0. The van der Waals surface area contributed by atoms with Gasteiger partial charge in [-0.15, -0.1) is 0 Å². The molecule has 5 N–H and O–H groups in total. The van der Waals surface area contributed by atoms with Gasteiger partial charge in [-0.3, -0.25) is 19.4 Å². The lowest BCUT2D eigenvalue weighted by Gasteiger charge is -2.17. The summed E-state index contributed by atoms with van der Waals surface area (Å²) >= 11 is 3.30. The first-order chi connectivity index (χ1) is 11.8. The molecule has 0 spiro atoms. The van der Waals surface area contributed by atoms with Crippen LogP contribution in [0.25, 0.3) is 11.0 Å². The zero-order valence-electron chi connectivity index (χ0n) is 12.9. The van der Waals surface area contributed by atoms with Crippen molar-refractivity contribution in [1.82, 2.24) is 15.0 Å². The third-order valence-corrected chi connectivity index (χ3v) is 3.78. The van der Waals surface area contributed by atoms with Crippen molar-refractivity contribution in [2.45, 2.75) is 19.4 Å². The first-order valence-corrected chi connectivity index (χ1v) is 7.96. The Morgan fingerprint density at radius 1 is 1.24 bits per heavy atom. The number of fused-ring (bicyclic) bond motifs is 1. The van der Waals surface area contributed by atoms with Gasteiger partial charge in [0.15, 0.2) is 0 Å². The first kappa shape index (κ1) is 18.6. The van der Waals surface area contributed by atoms with E-state index >= 15 is 0 Å². The number of aromatic amines is 2. The number of carboxylic acids is 1. The second-order valence-corrected chi connectivity index (χ2v) is 6.11. The van der Waals surface area contributed by atoms with Gasteiger partial charge in [-0.2, -0.15) is 0 Å². The van der Waals surface area contributed by atoms with E-state index in [4.69, 9.17) is 10.9 Å². The normalized spacial score (nSPS) is 11.1. The van der Waals surface area contributed by atoms with Gasteiger partial charge in [0, 0.05) is 17.0 Å². The van der Waals surface area contributed by atoms with Crippen LogP contribution in [-0.2, 0) is 16.1 Å². The van der Waals surface area contributed by atoms with Crippen molar-refractivity contribution in [3.05, 3.63) is 55.0 Å². The summed E-state index contributed by atoms with van der Waals surface area (Å²) in [4.78, 5) is 50.3. The largest absolute Gasteiger partial charge is 0.478 e. The van der Waals surface area contributed by atoms with Crippen molar-refractivity contribution in [1.29, 1.82) is 0 Å². The number of nitrogens with two attached hydrogens (primary N) is 1. The van der Waals surface area contributed by atoms with E-state index in [2.05, 4.69) is 25.9 Å². The molecule has 0 aliphatic rings.